The molecule has 10 heteroatoms. The summed E-state index contributed by atoms with van der Waals surface area (Å²) in [5, 5.41) is 9.56. The van der Waals surface area contributed by atoms with E-state index in [4.69, 9.17) is 4.74 Å². The van der Waals surface area contributed by atoms with Crippen LogP contribution in [0.2, 0.25) is 0 Å². The van der Waals surface area contributed by atoms with Crippen molar-refractivity contribution in [3.63, 3.8) is 0 Å². The van der Waals surface area contributed by atoms with E-state index in [1.165, 1.54) is 12.3 Å². The number of guanidine groups is 1. The molecule has 31 heavy (non-hydrogen) atoms. The molecular weight excluding hydrogens is 411 g/mol. The van der Waals surface area contributed by atoms with Gasteiger partial charge in [0.1, 0.15) is 17.2 Å². The molecule has 2 N–H and O–H groups in total. The lowest BCUT2D eigenvalue weighted by Gasteiger charge is -2.37. The molecule has 3 rings (SSSR count). The Balaban J connectivity index is 1.68. The summed E-state index contributed by atoms with van der Waals surface area (Å²) in [5.41, 5.74) is 1.62. The highest BCUT2D eigenvalue weighted by Crippen LogP contribution is 2.35. The zero-order valence-electron chi connectivity index (χ0n) is 17.6. The molecular formula is C21H26F3N5O2. The molecule has 2 heterocycles. The van der Waals surface area contributed by atoms with Crippen molar-refractivity contribution < 1.29 is 23.1 Å². The van der Waals surface area contributed by atoms with Crippen LogP contribution in [-0.2, 0) is 6.18 Å². The Labute approximate surface area is 179 Å². The minimum absolute atomic E-state index is 0.0838. The largest absolute Gasteiger partial charge is 0.488 e. The first-order valence-electron chi connectivity index (χ1n) is 9.87. The Bertz CT molecular complexity index is 902. The fraction of sp³-hybridized carbons (Fsp3) is 0.429. The number of pyridine rings is 1. The summed E-state index contributed by atoms with van der Waals surface area (Å²) in [7, 11) is 0. The topological polar surface area (TPSA) is 73.2 Å². The summed E-state index contributed by atoms with van der Waals surface area (Å²) >= 11 is 0. The van der Waals surface area contributed by atoms with Crippen LogP contribution in [-0.4, -0.2) is 52.8 Å². The number of ether oxygens (including phenoxy) is 1. The standard InChI is InChI=1S/C21H26F3N5O2/c1-20(2,3)31-16-8-6-15(7-9-16)26-19(27-30)29-13-11-28(12-14-29)18-17(21(22,23)24)5-4-10-25-18/h4-10,30H,11-14H2,1-3H3,(H,26,27). The molecule has 1 aromatic carbocycles. The molecule has 0 atom stereocenters. The number of halogens is 3. The Hall–Kier alpha value is -3.01. The third-order valence-electron chi connectivity index (χ3n) is 4.57. The number of aliphatic imine (C=N–C) groups is 1. The Morgan fingerprint density at radius 3 is 2.26 bits per heavy atom. The van der Waals surface area contributed by atoms with Gasteiger partial charge in [0.25, 0.3) is 0 Å². The van der Waals surface area contributed by atoms with Crippen LogP contribution < -0.4 is 15.1 Å². The third-order valence-corrected chi connectivity index (χ3v) is 4.57. The van der Waals surface area contributed by atoms with Crippen LogP contribution in [0.3, 0.4) is 0 Å². The van der Waals surface area contributed by atoms with E-state index < -0.39 is 11.7 Å². The summed E-state index contributed by atoms with van der Waals surface area (Å²) in [6.07, 6.45) is -3.12. The Morgan fingerprint density at radius 2 is 1.71 bits per heavy atom. The quantitative estimate of drug-likeness (QED) is 0.429. The molecule has 1 aromatic heterocycles. The van der Waals surface area contributed by atoms with Gasteiger partial charge in [0.15, 0.2) is 0 Å². The zero-order chi connectivity index (χ0) is 22.6. The number of aromatic nitrogens is 1. The molecule has 0 bridgehead atoms. The molecule has 0 aliphatic carbocycles. The van der Waals surface area contributed by atoms with Gasteiger partial charge in [-0.1, -0.05) is 0 Å². The molecule has 1 aliphatic rings. The van der Waals surface area contributed by atoms with Crippen LogP contribution >= 0.6 is 0 Å². The molecule has 0 radical (unpaired) electrons. The summed E-state index contributed by atoms with van der Waals surface area (Å²) < 4.78 is 45.6. The van der Waals surface area contributed by atoms with E-state index in [-0.39, 0.29) is 17.4 Å². The normalized spacial score (nSPS) is 15.8. The van der Waals surface area contributed by atoms with E-state index in [1.54, 1.807) is 34.1 Å². The smallest absolute Gasteiger partial charge is 0.419 e. The van der Waals surface area contributed by atoms with Gasteiger partial charge in [0, 0.05) is 32.4 Å². The van der Waals surface area contributed by atoms with E-state index in [0.717, 1.165) is 6.07 Å². The second kappa shape index (κ2) is 9.01. The van der Waals surface area contributed by atoms with Crippen molar-refractivity contribution in [2.75, 3.05) is 31.1 Å². The minimum atomic E-state index is -4.47. The number of alkyl halides is 3. The average molecular weight is 437 g/mol. The first-order valence-corrected chi connectivity index (χ1v) is 9.87. The van der Waals surface area contributed by atoms with Crippen LogP contribution in [0.1, 0.15) is 26.3 Å². The predicted octanol–water partition coefficient (Wildman–Crippen LogP) is 4.07. The molecule has 7 nitrogen and oxygen atoms in total. The first-order chi connectivity index (χ1) is 14.6. The van der Waals surface area contributed by atoms with E-state index in [2.05, 4.69) is 15.5 Å². The number of hydroxylamine groups is 1. The molecule has 2 aromatic rings. The van der Waals surface area contributed by atoms with Crippen molar-refractivity contribution in [1.29, 1.82) is 0 Å². The van der Waals surface area contributed by atoms with Gasteiger partial charge in [-0.15, -0.1) is 0 Å². The highest BCUT2D eigenvalue weighted by Gasteiger charge is 2.36. The van der Waals surface area contributed by atoms with Crippen LogP contribution in [0, 0.1) is 0 Å². The van der Waals surface area contributed by atoms with Crippen molar-refractivity contribution in [2.24, 2.45) is 4.99 Å². The minimum Gasteiger partial charge on any atom is -0.488 e. The maximum absolute atomic E-state index is 13.3. The van der Waals surface area contributed by atoms with Gasteiger partial charge in [-0.05, 0) is 57.2 Å². The maximum Gasteiger partial charge on any atom is 0.419 e. The van der Waals surface area contributed by atoms with Crippen molar-refractivity contribution in [3.05, 3.63) is 48.2 Å². The first kappa shape index (κ1) is 22.7. The van der Waals surface area contributed by atoms with E-state index in [9.17, 15) is 18.4 Å². The van der Waals surface area contributed by atoms with E-state index in [0.29, 0.717) is 37.6 Å². The molecule has 0 spiro atoms. The summed E-state index contributed by atoms with van der Waals surface area (Å²) in [6.45, 7) is 7.20. The number of hydrogen-bond donors (Lipinski definition) is 2. The van der Waals surface area contributed by atoms with Crippen LogP contribution in [0.25, 0.3) is 0 Å². The predicted molar refractivity (Wildman–Crippen MR) is 112 cm³/mol. The van der Waals surface area contributed by atoms with Crippen molar-refractivity contribution in [3.8, 4) is 5.75 Å². The second-order valence-corrected chi connectivity index (χ2v) is 8.10. The van der Waals surface area contributed by atoms with Crippen molar-refractivity contribution >= 4 is 17.5 Å². The van der Waals surface area contributed by atoms with Gasteiger partial charge in [-0.2, -0.15) is 13.2 Å². The number of piperazine rings is 1. The van der Waals surface area contributed by atoms with Gasteiger partial charge in [-0.25, -0.2) is 15.5 Å². The molecule has 168 valence electrons. The highest BCUT2D eigenvalue weighted by molar-refractivity contribution is 5.82. The van der Waals surface area contributed by atoms with Gasteiger partial charge in [0.05, 0.1) is 11.3 Å². The second-order valence-electron chi connectivity index (χ2n) is 8.10. The molecule has 1 saturated heterocycles. The summed E-state index contributed by atoms with van der Waals surface area (Å²) in [6, 6.07) is 9.41. The van der Waals surface area contributed by atoms with Crippen molar-refractivity contribution in [1.82, 2.24) is 15.4 Å². The van der Waals surface area contributed by atoms with Gasteiger partial charge >= 0.3 is 6.18 Å². The summed E-state index contributed by atoms with van der Waals surface area (Å²) in [5.74, 6) is 0.843. The third kappa shape index (κ3) is 6.00. The fourth-order valence-electron chi connectivity index (χ4n) is 3.23. The fourth-order valence-corrected chi connectivity index (χ4v) is 3.23. The summed E-state index contributed by atoms with van der Waals surface area (Å²) in [4.78, 5) is 11.7. The maximum atomic E-state index is 13.3. The molecule has 0 amide bonds. The zero-order valence-corrected chi connectivity index (χ0v) is 17.6. The highest BCUT2D eigenvalue weighted by atomic mass is 19.4. The Morgan fingerprint density at radius 1 is 1.06 bits per heavy atom. The molecule has 0 saturated carbocycles. The van der Waals surface area contributed by atoms with Crippen LogP contribution in [0.15, 0.2) is 47.6 Å². The lowest BCUT2D eigenvalue weighted by Crippen LogP contribution is -2.52. The average Bonchev–Trinajstić information content (AvgIpc) is 2.72. The van der Waals surface area contributed by atoms with Crippen LogP contribution in [0.4, 0.5) is 24.7 Å². The van der Waals surface area contributed by atoms with E-state index >= 15 is 0 Å². The number of hydrogen-bond acceptors (Lipinski definition) is 5. The van der Waals surface area contributed by atoms with E-state index in [1.807, 2.05) is 20.8 Å². The number of nitrogens with one attached hydrogen (secondary N) is 1. The van der Waals surface area contributed by atoms with Gasteiger partial charge < -0.3 is 14.5 Å². The molecule has 1 aliphatic heterocycles. The molecule has 1 fully saturated rings. The molecule has 0 unspecified atom stereocenters. The lowest BCUT2D eigenvalue weighted by molar-refractivity contribution is -0.137. The van der Waals surface area contributed by atoms with Crippen LogP contribution in [0.5, 0.6) is 5.75 Å². The monoisotopic (exact) mass is 437 g/mol. The Kier molecular flexibility index (Phi) is 6.59. The lowest BCUT2D eigenvalue weighted by atomic mass is 10.2. The number of rotatable bonds is 3. The number of benzene rings is 1. The van der Waals surface area contributed by atoms with Gasteiger partial charge in [-0.3, -0.25) is 5.21 Å². The SMILES string of the molecule is CC(C)(C)Oc1ccc(N=C(NO)N2CCN(c3ncccc3C(F)(F)F)CC2)cc1. The van der Waals surface area contributed by atoms with Gasteiger partial charge in [0.2, 0.25) is 5.96 Å². The number of anilines is 1. The van der Waals surface area contributed by atoms with Crippen molar-refractivity contribution in [2.45, 2.75) is 32.5 Å². The number of nitrogens with zero attached hydrogens (tertiary/aromatic N) is 4.